The Morgan fingerprint density at radius 2 is 1.02 bits per heavy atom. The lowest BCUT2D eigenvalue weighted by Gasteiger charge is -2.09. The number of halogens is 6. The zero-order chi connectivity index (χ0) is 44.7. The fourth-order valence-electron chi connectivity index (χ4n) is 6.67. The number of alkyl halides is 4. The number of nitrogens with one attached hydrogen (secondary N) is 2. The second-order valence-corrected chi connectivity index (χ2v) is 14.3. The first-order valence-electron chi connectivity index (χ1n) is 18.7. The number of phenolic OH excluding ortho intramolecular Hbond substituents is 2. The van der Waals surface area contributed by atoms with Gasteiger partial charge in [0.2, 0.25) is 11.8 Å². The summed E-state index contributed by atoms with van der Waals surface area (Å²) in [6, 6.07) is 16.3. The van der Waals surface area contributed by atoms with Crippen LogP contribution in [0.25, 0.3) is 21.8 Å². The van der Waals surface area contributed by atoms with Gasteiger partial charge >= 0.3 is 13.2 Å². The zero-order valence-electron chi connectivity index (χ0n) is 33.1. The van der Waals surface area contributed by atoms with Gasteiger partial charge in [-0.25, -0.2) is 0 Å². The lowest BCUT2D eigenvalue weighted by molar-refractivity contribution is -0.121. The second kappa shape index (κ2) is 19.9. The van der Waals surface area contributed by atoms with Crippen molar-refractivity contribution in [1.82, 2.24) is 19.8 Å². The Balaban J connectivity index is 0.000000231. The summed E-state index contributed by atoms with van der Waals surface area (Å²) in [4.78, 5) is 50.9. The number of nitrogens with zero attached hydrogens (tertiary/aromatic N) is 2. The first-order valence-corrected chi connectivity index (χ1v) is 19.5. The third kappa shape index (κ3) is 10.6. The lowest BCUT2D eigenvalue weighted by atomic mass is 10.1. The van der Waals surface area contributed by atoms with Gasteiger partial charge in [-0.05, 0) is 111 Å². The minimum absolute atomic E-state index is 0.0126. The van der Waals surface area contributed by atoms with Crippen LogP contribution < -0.4 is 20.1 Å². The Bertz CT molecular complexity index is 2590. The van der Waals surface area contributed by atoms with E-state index in [0.717, 1.165) is 6.42 Å². The molecular weight excluding hydrogens is 847 g/mol. The Morgan fingerprint density at radius 3 is 1.36 bits per heavy atom. The molecule has 61 heavy (non-hydrogen) atoms. The Hall–Kier alpha value is -6.26. The first kappa shape index (κ1) is 45.8. The summed E-state index contributed by atoms with van der Waals surface area (Å²) < 4.78 is 60.8. The van der Waals surface area contributed by atoms with Crippen LogP contribution in [0, 0.1) is 13.8 Å². The number of likely N-dealkylation sites (N-methyl/N-ethyl adjacent to an activating group) is 1. The van der Waals surface area contributed by atoms with E-state index in [4.69, 9.17) is 23.2 Å². The number of amides is 2. The molecule has 0 saturated heterocycles. The van der Waals surface area contributed by atoms with Crippen molar-refractivity contribution in [2.75, 3.05) is 13.1 Å². The van der Waals surface area contributed by atoms with Crippen LogP contribution in [0.3, 0.4) is 0 Å². The van der Waals surface area contributed by atoms with Crippen molar-refractivity contribution in [2.45, 2.75) is 60.2 Å². The number of ether oxygens (including phenoxy) is 2. The van der Waals surface area contributed by atoms with Crippen LogP contribution in [-0.4, -0.2) is 69.3 Å². The fraction of sp³-hybridized carbons (Fsp3) is 0.256. The van der Waals surface area contributed by atoms with Gasteiger partial charge in [0.15, 0.2) is 0 Å². The van der Waals surface area contributed by atoms with E-state index in [1.807, 2.05) is 6.92 Å². The van der Waals surface area contributed by atoms with Gasteiger partial charge in [0, 0.05) is 46.4 Å². The number of phenols is 2. The van der Waals surface area contributed by atoms with Gasteiger partial charge < -0.3 is 30.3 Å². The predicted molar refractivity (Wildman–Crippen MR) is 222 cm³/mol. The minimum Gasteiger partial charge on any atom is -0.506 e. The summed E-state index contributed by atoms with van der Waals surface area (Å²) in [6.07, 6.45) is 0.816. The van der Waals surface area contributed by atoms with E-state index in [-0.39, 0.29) is 68.8 Å². The quantitative estimate of drug-likeness (QED) is 0.0837. The van der Waals surface area contributed by atoms with Crippen LogP contribution in [0.15, 0.2) is 72.8 Å². The number of carbonyl (C=O) groups excluding carboxylic acids is 4. The number of hydrogen-bond donors (Lipinski definition) is 4. The van der Waals surface area contributed by atoms with E-state index in [1.54, 1.807) is 20.8 Å². The van der Waals surface area contributed by atoms with Crippen molar-refractivity contribution in [3.63, 3.8) is 0 Å². The highest BCUT2D eigenvalue weighted by Crippen LogP contribution is 2.37. The van der Waals surface area contributed by atoms with Crippen LogP contribution in [0.2, 0.25) is 10.0 Å². The molecule has 2 aromatic heterocycles. The lowest BCUT2D eigenvalue weighted by Crippen LogP contribution is -2.26. The molecule has 0 unspecified atom stereocenters. The summed E-state index contributed by atoms with van der Waals surface area (Å²) in [7, 11) is 0. The van der Waals surface area contributed by atoms with Crippen LogP contribution in [0.4, 0.5) is 17.6 Å². The van der Waals surface area contributed by atoms with Crippen LogP contribution in [0.1, 0.15) is 63.5 Å². The molecule has 322 valence electrons. The Labute approximate surface area is 356 Å². The van der Waals surface area contributed by atoms with E-state index in [1.165, 1.54) is 81.9 Å². The molecule has 0 aliphatic carbocycles. The second-order valence-electron chi connectivity index (χ2n) is 13.5. The predicted octanol–water partition coefficient (Wildman–Crippen LogP) is 8.94. The molecule has 6 aromatic rings. The molecule has 0 spiro atoms. The van der Waals surface area contributed by atoms with E-state index < -0.39 is 25.0 Å². The van der Waals surface area contributed by atoms with E-state index >= 15 is 0 Å². The summed E-state index contributed by atoms with van der Waals surface area (Å²) in [5.41, 5.74) is 3.50. The molecule has 0 radical (unpaired) electrons. The fourth-order valence-corrected chi connectivity index (χ4v) is 6.99. The SMILES string of the molecule is CCCNC(=O)Cc1c(C)n(C(=O)c2ccc(OC(F)F)cc2)c2cc(Cl)c(O)cc12.CCNC(=O)Cc1c(C)n(C(=O)c2ccc(OC(F)F)cc2)c2cc(Cl)c(O)cc12. The third-order valence-corrected chi connectivity index (χ3v) is 10.1. The van der Waals surface area contributed by atoms with Gasteiger partial charge in [-0.1, -0.05) is 30.1 Å². The minimum atomic E-state index is -2.96. The molecule has 0 bridgehead atoms. The van der Waals surface area contributed by atoms with E-state index in [2.05, 4.69) is 20.1 Å². The van der Waals surface area contributed by atoms with Crippen molar-refractivity contribution in [1.29, 1.82) is 0 Å². The number of aromatic nitrogens is 2. The highest BCUT2D eigenvalue weighted by atomic mass is 35.5. The highest BCUT2D eigenvalue weighted by molar-refractivity contribution is 6.33. The summed E-state index contributed by atoms with van der Waals surface area (Å²) >= 11 is 12.1. The maximum absolute atomic E-state index is 13.2. The number of fused-ring (bicyclic) bond motifs is 2. The summed E-state index contributed by atoms with van der Waals surface area (Å²) in [5, 5.41) is 26.8. The Morgan fingerprint density at radius 1 is 0.639 bits per heavy atom. The van der Waals surface area contributed by atoms with E-state index in [0.29, 0.717) is 57.4 Å². The molecule has 4 aromatic carbocycles. The third-order valence-electron chi connectivity index (χ3n) is 9.49. The molecule has 2 heterocycles. The van der Waals surface area contributed by atoms with Gasteiger partial charge in [-0.3, -0.25) is 28.3 Å². The monoisotopic (exact) mass is 886 g/mol. The van der Waals surface area contributed by atoms with Gasteiger partial charge in [-0.2, -0.15) is 17.6 Å². The van der Waals surface area contributed by atoms with Crippen LogP contribution in [0.5, 0.6) is 23.0 Å². The standard InChI is InChI=1S/C22H21ClF2N2O4.C21H19ClF2N2O4/c1-3-8-26-20(29)10-15-12(2)27(18-11-17(23)19(28)9-16(15)18)21(30)13-4-6-14(7-5-13)31-22(24)25;1-3-25-19(28)9-14-11(2)26(17-10-16(22)18(27)8-15(14)17)20(29)12-4-6-13(7-5-12)30-21(23)24/h4-7,9,11,22,28H,3,8,10H2,1-2H3,(H,26,29);4-8,10,21,27H,3,9H2,1-2H3,(H,25,28). The average molecular weight is 888 g/mol. The average Bonchev–Trinajstić information content (AvgIpc) is 3.61. The Kier molecular flexibility index (Phi) is 14.9. The van der Waals surface area contributed by atoms with Crippen LogP contribution in [-0.2, 0) is 22.4 Å². The smallest absolute Gasteiger partial charge is 0.387 e. The van der Waals surface area contributed by atoms with E-state index in [9.17, 15) is 47.0 Å². The molecule has 4 N–H and O–H groups in total. The molecule has 0 aliphatic heterocycles. The summed E-state index contributed by atoms with van der Waals surface area (Å²) in [6.45, 7) is 2.17. The topological polar surface area (TPSA) is 161 Å². The largest absolute Gasteiger partial charge is 0.506 e. The number of carbonyl (C=O) groups is 4. The van der Waals surface area contributed by atoms with Gasteiger partial charge in [-0.15, -0.1) is 0 Å². The molecule has 6 rings (SSSR count). The molecule has 0 saturated carbocycles. The van der Waals surface area contributed by atoms with Crippen molar-refractivity contribution >= 4 is 68.6 Å². The zero-order valence-corrected chi connectivity index (χ0v) is 34.6. The number of aromatic hydroxyl groups is 2. The van der Waals surface area contributed by atoms with Crippen molar-refractivity contribution in [3.8, 4) is 23.0 Å². The van der Waals surface area contributed by atoms with Crippen molar-refractivity contribution < 1.29 is 56.4 Å². The molecule has 2 amide bonds. The van der Waals surface area contributed by atoms with Crippen molar-refractivity contribution in [3.05, 3.63) is 116 Å². The number of benzene rings is 4. The molecule has 18 heteroatoms. The maximum Gasteiger partial charge on any atom is 0.387 e. The first-order chi connectivity index (χ1) is 28.9. The van der Waals surface area contributed by atoms with Gasteiger partial charge in [0.1, 0.15) is 23.0 Å². The molecule has 12 nitrogen and oxygen atoms in total. The summed E-state index contributed by atoms with van der Waals surface area (Å²) in [5.74, 6) is -1.78. The maximum atomic E-state index is 13.2. The molecular formula is C43H40Cl2F4N4O8. The molecule has 0 aliphatic rings. The van der Waals surface area contributed by atoms with Gasteiger partial charge in [0.25, 0.3) is 11.8 Å². The molecule has 0 fully saturated rings. The van der Waals surface area contributed by atoms with Crippen molar-refractivity contribution in [2.24, 2.45) is 0 Å². The molecule has 0 atom stereocenters. The van der Waals surface area contributed by atoms with Gasteiger partial charge in [0.05, 0.1) is 33.9 Å². The normalized spacial score (nSPS) is 11.1. The number of rotatable bonds is 13. The van der Waals surface area contributed by atoms with Crippen LogP contribution >= 0.6 is 23.2 Å². The highest BCUT2D eigenvalue weighted by Gasteiger charge is 2.25. The number of hydrogen-bond acceptors (Lipinski definition) is 8.